The third-order valence-corrected chi connectivity index (χ3v) is 4.49. The van der Waals surface area contributed by atoms with E-state index in [4.69, 9.17) is 0 Å². The molecule has 0 aromatic carbocycles. The molecule has 0 saturated carbocycles. The van der Waals surface area contributed by atoms with Gasteiger partial charge in [-0.1, -0.05) is 12.8 Å². The Hall–Kier alpha value is 0.490. The van der Waals surface area contributed by atoms with E-state index in [9.17, 15) is 0 Å². The summed E-state index contributed by atoms with van der Waals surface area (Å²) in [5, 5.41) is 2.15. The number of hydrogen-bond acceptors (Lipinski definition) is 3. The van der Waals surface area contributed by atoms with Crippen LogP contribution in [0.1, 0.15) is 30.6 Å². The van der Waals surface area contributed by atoms with Gasteiger partial charge in [0.05, 0.1) is 0 Å². The summed E-state index contributed by atoms with van der Waals surface area (Å²) in [6.45, 7) is 2.27. The summed E-state index contributed by atoms with van der Waals surface area (Å²) in [5.74, 6) is 1.03. The van der Waals surface area contributed by atoms with Crippen molar-refractivity contribution in [1.29, 1.82) is 0 Å². The summed E-state index contributed by atoms with van der Waals surface area (Å²) >= 11 is 9.53. The van der Waals surface area contributed by atoms with Crippen molar-refractivity contribution in [3.05, 3.63) is 20.8 Å². The second kappa shape index (κ2) is 8.56. The van der Waals surface area contributed by atoms with Crippen LogP contribution in [-0.4, -0.2) is 24.2 Å². The first-order chi connectivity index (χ1) is 7.72. The van der Waals surface area contributed by atoms with Crippen LogP contribution in [0.15, 0.2) is 15.9 Å². The zero-order chi connectivity index (χ0) is 11.8. The number of hydrogen-bond donors (Lipinski definition) is 1. The maximum absolute atomic E-state index is 4.22. The van der Waals surface area contributed by atoms with Gasteiger partial charge in [-0.15, -0.1) is 11.3 Å². The van der Waals surface area contributed by atoms with Crippen LogP contribution in [0.3, 0.4) is 0 Å². The lowest BCUT2D eigenvalue weighted by Gasteiger charge is -2.15. The fraction of sp³-hybridized carbons (Fsp3) is 0.667. The van der Waals surface area contributed by atoms with Crippen LogP contribution in [0.4, 0.5) is 0 Å². The van der Waals surface area contributed by atoms with Crippen LogP contribution in [0.5, 0.6) is 0 Å². The fourth-order valence-electron chi connectivity index (χ4n) is 1.63. The van der Waals surface area contributed by atoms with E-state index < -0.39 is 0 Å². The van der Waals surface area contributed by atoms with Crippen molar-refractivity contribution in [3.8, 4) is 0 Å². The Morgan fingerprint density at radius 2 is 2.06 bits per heavy atom. The van der Waals surface area contributed by atoms with E-state index in [0.717, 1.165) is 12.3 Å². The Balaban J connectivity index is 2.09. The highest BCUT2D eigenvalue weighted by molar-refractivity contribution is 9.10. The lowest BCUT2D eigenvalue weighted by molar-refractivity contribution is 0.320. The van der Waals surface area contributed by atoms with Gasteiger partial charge in [-0.05, 0) is 54.2 Å². The second-order valence-electron chi connectivity index (χ2n) is 4.11. The zero-order valence-corrected chi connectivity index (χ0v) is 13.1. The van der Waals surface area contributed by atoms with Crippen molar-refractivity contribution in [2.75, 3.05) is 19.3 Å². The van der Waals surface area contributed by atoms with Crippen molar-refractivity contribution in [1.82, 2.24) is 4.90 Å². The largest absolute Gasteiger partial charge is 0.301 e. The van der Waals surface area contributed by atoms with Crippen LogP contribution in [0, 0.1) is 0 Å². The van der Waals surface area contributed by atoms with Gasteiger partial charge in [-0.3, -0.25) is 0 Å². The normalized spacial score (nSPS) is 11.2. The third-order valence-electron chi connectivity index (χ3n) is 2.50. The molecular formula is C12H20BrNS2. The summed E-state index contributed by atoms with van der Waals surface area (Å²) in [6.07, 6.45) is 5.21. The predicted octanol–water partition coefficient (Wildman–Crippen LogP) is 4.43. The number of nitrogens with zero attached hydrogens (tertiary/aromatic N) is 1. The Labute approximate surface area is 117 Å². The van der Waals surface area contributed by atoms with E-state index in [1.165, 1.54) is 41.6 Å². The molecule has 4 heteroatoms. The minimum Gasteiger partial charge on any atom is -0.301 e. The molecule has 0 aliphatic rings. The summed E-state index contributed by atoms with van der Waals surface area (Å²) in [4.78, 5) is 3.84. The van der Waals surface area contributed by atoms with Crippen LogP contribution in [-0.2, 0) is 6.54 Å². The Morgan fingerprint density at radius 3 is 2.69 bits per heavy atom. The Bertz CT molecular complexity index is 288. The molecule has 0 amide bonds. The minimum atomic E-state index is 1.03. The van der Waals surface area contributed by atoms with Gasteiger partial charge in [0.1, 0.15) is 0 Å². The molecule has 1 aromatic heterocycles. The van der Waals surface area contributed by atoms with Crippen molar-refractivity contribution < 1.29 is 0 Å². The van der Waals surface area contributed by atoms with Crippen molar-refractivity contribution >= 4 is 39.9 Å². The molecule has 0 bridgehead atoms. The number of unbranched alkanes of at least 4 members (excludes halogenated alkanes) is 3. The summed E-state index contributed by atoms with van der Waals surface area (Å²) < 4.78 is 1.20. The number of thiol groups is 1. The quantitative estimate of drug-likeness (QED) is 0.547. The molecule has 0 unspecified atom stereocenters. The molecular weight excluding hydrogens is 302 g/mol. The van der Waals surface area contributed by atoms with E-state index in [1.807, 2.05) is 11.3 Å². The van der Waals surface area contributed by atoms with Gasteiger partial charge in [0, 0.05) is 21.3 Å². The average molecular weight is 322 g/mol. The first kappa shape index (κ1) is 14.6. The van der Waals surface area contributed by atoms with E-state index in [2.05, 4.69) is 52.0 Å². The smallest absolute Gasteiger partial charge is 0.0325 e. The average Bonchev–Trinajstić information content (AvgIpc) is 2.63. The van der Waals surface area contributed by atoms with Gasteiger partial charge < -0.3 is 4.90 Å². The first-order valence-electron chi connectivity index (χ1n) is 5.74. The van der Waals surface area contributed by atoms with Gasteiger partial charge in [-0.25, -0.2) is 0 Å². The topological polar surface area (TPSA) is 3.24 Å². The van der Waals surface area contributed by atoms with Crippen LogP contribution in [0.2, 0.25) is 0 Å². The molecule has 0 fully saturated rings. The molecule has 0 radical (unpaired) electrons. The van der Waals surface area contributed by atoms with Crippen LogP contribution >= 0.6 is 39.9 Å². The maximum Gasteiger partial charge on any atom is 0.0325 e. The number of thiophene rings is 1. The van der Waals surface area contributed by atoms with Gasteiger partial charge in [0.15, 0.2) is 0 Å². The highest BCUT2D eigenvalue weighted by Crippen LogP contribution is 2.20. The minimum absolute atomic E-state index is 1.03. The van der Waals surface area contributed by atoms with Crippen molar-refractivity contribution in [2.24, 2.45) is 0 Å². The molecule has 1 aromatic rings. The molecule has 1 nitrogen and oxygen atoms in total. The molecule has 0 aliphatic heterocycles. The Morgan fingerprint density at radius 1 is 1.31 bits per heavy atom. The van der Waals surface area contributed by atoms with Gasteiger partial charge in [0.25, 0.3) is 0 Å². The van der Waals surface area contributed by atoms with E-state index in [-0.39, 0.29) is 0 Å². The van der Waals surface area contributed by atoms with Gasteiger partial charge >= 0.3 is 0 Å². The molecule has 1 heterocycles. The summed E-state index contributed by atoms with van der Waals surface area (Å²) in [7, 11) is 2.20. The van der Waals surface area contributed by atoms with Crippen molar-refractivity contribution in [2.45, 2.75) is 32.2 Å². The maximum atomic E-state index is 4.22. The standard InChI is InChI=1S/C12H20BrNS2/c1-14(6-4-2-3-5-7-15)9-12-8-11(13)10-16-12/h8,10,15H,2-7,9H2,1H3. The fourth-order valence-corrected chi connectivity index (χ4v) is 3.38. The highest BCUT2D eigenvalue weighted by Gasteiger charge is 2.02. The van der Waals surface area contributed by atoms with Crippen LogP contribution in [0.25, 0.3) is 0 Å². The lowest BCUT2D eigenvalue weighted by atomic mass is 10.2. The van der Waals surface area contributed by atoms with E-state index in [0.29, 0.717) is 0 Å². The van der Waals surface area contributed by atoms with Gasteiger partial charge in [0.2, 0.25) is 0 Å². The molecule has 92 valence electrons. The van der Waals surface area contributed by atoms with Crippen LogP contribution < -0.4 is 0 Å². The predicted molar refractivity (Wildman–Crippen MR) is 80.7 cm³/mol. The highest BCUT2D eigenvalue weighted by atomic mass is 79.9. The summed E-state index contributed by atoms with van der Waals surface area (Å²) in [5.41, 5.74) is 0. The van der Waals surface area contributed by atoms with E-state index >= 15 is 0 Å². The first-order valence-corrected chi connectivity index (χ1v) is 8.05. The number of rotatable bonds is 8. The third kappa shape index (κ3) is 6.28. The molecule has 16 heavy (non-hydrogen) atoms. The molecule has 0 N–H and O–H groups in total. The monoisotopic (exact) mass is 321 g/mol. The SMILES string of the molecule is CN(CCCCCCS)Cc1cc(Br)cs1. The zero-order valence-electron chi connectivity index (χ0n) is 9.79. The Kier molecular flexibility index (Phi) is 7.79. The molecule has 0 spiro atoms. The molecule has 0 aliphatic carbocycles. The molecule has 1 rings (SSSR count). The van der Waals surface area contributed by atoms with Gasteiger partial charge in [-0.2, -0.15) is 12.6 Å². The second-order valence-corrected chi connectivity index (χ2v) is 6.47. The molecule has 0 saturated heterocycles. The summed E-state index contributed by atoms with van der Waals surface area (Å²) in [6, 6.07) is 2.21. The number of halogens is 1. The molecule has 0 atom stereocenters. The lowest BCUT2D eigenvalue weighted by Crippen LogP contribution is -2.18. The van der Waals surface area contributed by atoms with Crippen molar-refractivity contribution in [3.63, 3.8) is 0 Å². The van der Waals surface area contributed by atoms with E-state index in [1.54, 1.807) is 0 Å².